The zero-order valence-electron chi connectivity index (χ0n) is 21.6. The van der Waals surface area contributed by atoms with Gasteiger partial charge in [-0.05, 0) is 53.6 Å². The van der Waals surface area contributed by atoms with Crippen LogP contribution in [0.2, 0.25) is 0 Å². The third-order valence-electron chi connectivity index (χ3n) is 8.59. The van der Waals surface area contributed by atoms with Crippen LogP contribution in [0.5, 0.6) is 5.75 Å². The van der Waals surface area contributed by atoms with Gasteiger partial charge < -0.3 is 9.64 Å². The highest BCUT2D eigenvalue weighted by Gasteiger charge is 2.71. The van der Waals surface area contributed by atoms with Gasteiger partial charge in [0, 0.05) is 32.8 Å². The van der Waals surface area contributed by atoms with Crippen LogP contribution < -0.4 is 9.64 Å². The maximum Gasteiger partial charge on any atom is 0.185 e. The zero-order chi connectivity index (χ0) is 27.6. The molecule has 6 heteroatoms. The van der Waals surface area contributed by atoms with E-state index in [0.29, 0.717) is 22.4 Å². The minimum Gasteiger partial charge on any atom is -0.497 e. The van der Waals surface area contributed by atoms with Gasteiger partial charge in [-0.25, -0.2) is 0 Å². The quantitative estimate of drug-likeness (QED) is 0.194. The SMILES string of the molecule is COc1ccc(C(=O)[C@@H]2[C@@H](c3ccc(Br)cc3)C3(C(=O)c4ccccc4C3=O)[C@@H]3C=Cc4ccccc4N23)cc1. The first-order chi connectivity index (χ1) is 19.5. The van der Waals surface area contributed by atoms with Crippen molar-refractivity contribution in [3.05, 3.63) is 135 Å². The number of hydrogen-bond acceptors (Lipinski definition) is 5. The first kappa shape index (κ1) is 24.7. The van der Waals surface area contributed by atoms with Crippen LogP contribution in [0.15, 0.2) is 108 Å². The Labute approximate surface area is 240 Å². The van der Waals surface area contributed by atoms with Gasteiger partial charge in [-0.1, -0.05) is 82.7 Å². The maximum atomic E-state index is 14.6. The van der Waals surface area contributed by atoms with Crippen molar-refractivity contribution in [1.82, 2.24) is 0 Å². The topological polar surface area (TPSA) is 63.7 Å². The summed E-state index contributed by atoms with van der Waals surface area (Å²) < 4.78 is 6.20. The molecule has 0 radical (unpaired) electrons. The molecule has 0 amide bonds. The van der Waals surface area contributed by atoms with E-state index in [-0.39, 0.29) is 17.3 Å². The van der Waals surface area contributed by atoms with E-state index in [1.807, 2.05) is 65.6 Å². The molecule has 0 aromatic heterocycles. The van der Waals surface area contributed by atoms with E-state index in [4.69, 9.17) is 4.74 Å². The van der Waals surface area contributed by atoms with E-state index < -0.39 is 23.4 Å². The lowest BCUT2D eigenvalue weighted by Gasteiger charge is -2.37. The maximum absolute atomic E-state index is 14.6. The molecule has 0 unspecified atom stereocenters. The largest absolute Gasteiger partial charge is 0.497 e. The molecule has 1 saturated heterocycles. The number of Topliss-reactive ketones (excluding diaryl/α,β-unsaturated/α-hetero) is 3. The van der Waals surface area contributed by atoms with Gasteiger partial charge >= 0.3 is 0 Å². The number of carbonyl (C=O) groups is 3. The zero-order valence-corrected chi connectivity index (χ0v) is 23.2. The second-order valence-corrected chi connectivity index (χ2v) is 11.3. The molecule has 40 heavy (non-hydrogen) atoms. The lowest BCUT2D eigenvalue weighted by atomic mass is 9.64. The number of nitrogens with zero attached hydrogens (tertiary/aromatic N) is 1. The third kappa shape index (κ3) is 3.29. The molecule has 7 rings (SSSR count). The van der Waals surface area contributed by atoms with Crippen LogP contribution in [-0.4, -0.2) is 36.5 Å². The van der Waals surface area contributed by atoms with Crippen LogP contribution in [0, 0.1) is 5.41 Å². The molecular formula is C34H24BrNO4. The van der Waals surface area contributed by atoms with Crippen LogP contribution in [0.1, 0.15) is 48.1 Å². The molecule has 0 bridgehead atoms. The van der Waals surface area contributed by atoms with Crippen LogP contribution in [0.4, 0.5) is 5.69 Å². The van der Waals surface area contributed by atoms with Gasteiger partial charge in [0.25, 0.3) is 0 Å². The highest BCUT2D eigenvalue weighted by Crippen LogP contribution is 2.61. The molecule has 0 N–H and O–H groups in total. The summed E-state index contributed by atoms with van der Waals surface area (Å²) in [5, 5.41) is 0. The number of halogens is 1. The number of fused-ring (bicyclic) bond motifs is 5. The van der Waals surface area contributed by atoms with E-state index in [9.17, 15) is 14.4 Å². The van der Waals surface area contributed by atoms with E-state index >= 15 is 0 Å². The Morgan fingerprint density at radius 3 is 2.10 bits per heavy atom. The summed E-state index contributed by atoms with van der Waals surface area (Å²) in [5.41, 5.74) is 2.36. The number of benzene rings is 4. The van der Waals surface area contributed by atoms with Crippen molar-refractivity contribution in [2.24, 2.45) is 5.41 Å². The summed E-state index contributed by atoms with van der Waals surface area (Å²) in [7, 11) is 1.58. The van der Waals surface area contributed by atoms with E-state index in [1.54, 1.807) is 55.6 Å². The van der Waals surface area contributed by atoms with Crippen LogP contribution in [0.3, 0.4) is 0 Å². The van der Waals surface area contributed by atoms with Crippen molar-refractivity contribution in [3.63, 3.8) is 0 Å². The van der Waals surface area contributed by atoms with Gasteiger partial charge in [-0.3, -0.25) is 14.4 Å². The molecule has 0 saturated carbocycles. The molecule has 2 aliphatic heterocycles. The summed E-state index contributed by atoms with van der Waals surface area (Å²) in [4.78, 5) is 45.9. The lowest BCUT2D eigenvalue weighted by Crippen LogP contribution is -2.48. The number of anilines is 1. The van der Waals surface area contributed by atoms with E-state index in [0.717, 1.165) is 21.3 Å². The number of hydrogen-bond donors (Lipinski definition) is 0. The molecule has 4 aromatic rings. The standard InChI is InChI=1S/C34H24BrNO4/c1-40-24-17-12-22(13-18-24)31(37)30-29(21-10-15-23(35)16-11-21)34(32(38)25-7-3-4-8-26(25)33(34)39)28-19-14-20-6-2-5-9-27(20)36(28)30/h2-19,28-30H,1H3/t28-,29+,30-/m0/s1. The van der Waals surface area contributed by atoms with E-state index in [2.05, 4.69) is 15.9 Å². The molecule has 3 aliphatic rings. The molecule has 1 spiro atoms. The van der Waals surface area contributed by atoms with Crippen molar-refractivity contribution in [2.75, 3.05) is 12.0 Å². The van der Waals surface area contributed by atoms with Gasteiger partial charge in [0.1, 0.15) is 17.2 Å². The summed E-state index contributed by atoms with van der Waals surface area (Å²) in [6.07, 6.45) is 3.91. The van der Waals surface area contributed by atoms with Crippen molar-refractivity contribution in [1.29, 1.82) is 0 Å². The summed E-state index contributed by atoms with van der Waals surface area (Å²) >= 11 is 3.52. The van der Waals surface area contributed by atoms with Crippen LogP contribution in [0.25, 0.3) is 6.08 Å². The Bertz CT molecular complexity index is 1690. The average Bonchev–Trinajstić information content (AvgIpc) is 3.43. The molecule has 2 heterocycles. The lowest BCUT2D eigenvalue weighted by molar-refractivity contribution is 0.0666. The number of para-hydroxylation sites is 1. The molecule has 4 aromatic carbocycles. The number of methoxy groups -OCH3 is 1. The molecule has 196 valence electrons. The smallest absolute Gasteiger partial charge is 0.185 e. The fourth-order valence-electron chi connectivity index (χ4n) is 6.89. The minimum atomic E-state index is -1.51. The fourth-order valence-corrected chi connectivity index (χ4v) is 7.15. The molecule has 1 fully saturated rings. The van der Waals surface area contributed by atoms with Gasteiger partial charge in [-0.15, -0.1) is 0 Å². The van der Waals surface area contributed by atoms with Gasteiger partial charge in [0.15, 0.2) is 17.3 Å². The van der Waals surface area contributed by atoms with Crippen molar-refractivity contribution in [2.45, 2.75) is 18.0 Å². The molecule has 1 aliphatic carbocycles. The van der Waals surface area contributed by atoms with Crippen molar-refractivity contribution in [3.8, 4) is 5.75 Å². The normalized spacial score (nSPS) is 21.8. The van der Waals surface area contributed by atoms with Gasteiger partial charge in [-0.2, -0.15) is 0 Å². The van der Waals surface area contributed by atoms with Crippen LogP contribution in [-0.2, 0) is 0 Å². The van der Waals surface area contributed by atoms with Gasteiger partial charge in [0.2, 0.25) is 0 Å². The average molecular weight is 590 g/mol. The Balaban J connectivity index is 1.52. The Kier molecular flexibility index (Phi) is 5.65. The summed E-state index contributed by atoms with van der Waals surface area (Å²) in [6.45, 7) is 0. The fraction of sp³-hybridized carbons (Fsp3) is 0.147. The first-order valence-corrected chi connectivity index (χ1v) is 13.9. The molecule has 3 atom stereocenters. The predicted octanol–water partition coefficient (Wildman–Crippen LogP) is 6.77. The van der Waals surface area contributed by atoms with E-state index in [1.165, 1.54) is 0 Å². The Hall–Kier alpha value is -4.29. The number of rotatable bonds is 4. The Morgan fingerprint density at radius 1 is 0.825 bits per heavy atom. The van der Waals surface area contributed by atoms with Crippen molar-refractivity contribution < 1.29 is 19.1 Å². The third-order valence-corrected chi connectivity index (χ3v) is 9.11. The molecular weight excluding hydrogens is 566 g/mol. The highest BCUT2D eigenvalue weighted by atomic mass is 79.9. The minimum absolute atomic E-state index is 0.154. The molecule has 5 nitrogen and oxygen atoms in total. The van der Waals surface area contributed by atoms with Crippen LogP contribution >= 0.6 is 15.9 Å². The van der Waals surface area contributed by atoms with Crippen molar-refractivity contribution >= 4 is 45.0 Å². The Morgan fingerprint density at radius 2 is 1.45 bits per heavy atom. The summed E-state index contributed by atoms with van der Waals surface area (Å²) in [5.74, 6) is -0.706. The number of ether oxygens (including phenoxy) is 1. The predicted molar refractivity (Wildman–Crippen MR) is 157 cm³/mol. The first-order valence-electron chi connectivity index (χ1n) is 13.1. The second kappa shape index (κ2) is 9.14. The second-order valence-electron chi connectivity index (χ2n) is 10.4. The number of carbonyl (C=O) groups excluding carboxylic acids is 3. The monoisotopic (exact) mass is 589 g/mol. The van der Waals surface area contributed by atoms with Gasteiger partial charge in [0.05, 0.1) is 13.2 Å². The number of ketones is 3. The summed E-state index contributed by atoms with van der Waals surface area (Å²) in [6, 6.07) is 28.1. The highest BCUT2D eigenvalue weighted by molar-refractivity contribution is 9.10.